The van der Waals surface area contributed by atoms with E-state index in [-0.39, 0.29) is 18.2 Å². The van der Waals surface area contributed by atoms with Gasteiger partial charge in [0.25, 0.3) is 0 Å². The highest BCUT2D eigenvalue weighted by atomic mass is 16.5. The number of carboxylic acid groups (broad SMARTS) is 1. The molecule has 1 aromatic carbocycles. The van der Waals surface area contributed by atoms with Crippen molar-refractivity contribution in [3.8, 4) is 5.75 Å². The summed E-state index contributed by atoms with van der Waals surface area (Å²) in [6, 6.07) is 7.03. The molecule has 0 amide bonds. The minimum atomic E-state index is -0.851. The monoisotopic (exact) mass is 291 g/mol. The number of Topliss-reactive ketones (excluding diaryl/α,β-unsaturated/α-hetero) is 1. The molecule has 0 radical (unpaired) electrons. The SMILES string of the molecule is COc1ccc(C(=O)[C@H]2CC[C@](CN)(C(=O)O)CC2)cc1. The van der Waals surface area contributed by atoms with Crippen molar-refractivity contribution in [3.05, 3.63) is 29.8 Å². The predicted octanol–water partition coefficient (Wildman–Crippen LogP) is 2.10. The maximum absolute atomic E-state index is 12.4. The van der Waals surface area contributed by atoms with Gasteiger partial charge in [0.2, 0.25) is 0 Å². The number of carbonyl (C=O) groups is 2. The van der Waals surface area contributed by atoms with Gasteiger partial charge in [-0.05, 0) is 49.9 Å². The predicted molar refractivity (Wildman–Crippen MR) is 78.4 cm³/mol. The Morgan fingerprint density at radius 1 is 1.29 bits per heavy atom. The maximum Gasteiger partial charge on any atom is 0.310 e. The van der Waals surface area contributed by atoms with Gasteiger partial charge in [-0.3, -0.25) is 9.59 Å². The van der Waals surface area contributed by atoms with Gasteiger partial charge >= 0.3 is 5.97 Å². The van der Waals surface area contributed by atoms with Gasteiger partial charge in [-0.25, -0.2) is 0 Å². The Hall–Kier alpha value is -1.88. The van der Waals surface area contributed by atoms with Crippen LogP contribution in [0.3, 0.4) is 0 Å². The number of aliphatic carboxylic acids is 1. The van der Waals surface area contributed by atoms with Crippen LogP contribution >= 0.6 is 0 Å². The van der Waals surface area contributed by atoms with E-state index in [0.717, 1.165) is 0 Å². The van der Waals surface area contributed by atoms with Crippen molar-refractivity contribution in [2.75, 3.05) is 13.7 Å². The molecule has 3 N–H and O–H groups in total. The lowest BCUT2D eigenvalue weighted by Crippen LogP contribution is -2.42. The van der Waals surface area contributed by atoms with Crippen LogP contribution in [0.4, 0.5) is 0 Å². The summed E-state index contributed by atoms with van der Waals surface area (Å²) in [6.45, 7) is 0.131. The van der Waals surface area contributed by atoms with Gasteiger partial charge in [0.05, 0.1) is 12.5 Å². The third-order valence-electron chi connectivity index (χ3n) is 4.53. The van der Waals surface area contributed by atoms with Gasteiger partial charge in [0, 0.05) is 18.0 Å². The summed E-state index contributed by atoms with van der Waals surface area (Å²) >= 11 is 0. The molecular weight excluding hydrogens is 270 g/mol. The zero-order valence-corrected chi connectivity index (χ0v) is 12.2. The highest BCUT2D eigenvalue weighted by Crippen LogP contribution is 2.39. The number of methoxy groups -OCH3 is 1. The minimum Gasteiger partial charge on any atom is -0.497 e. The topological polar surface area (TPSA) is 89.6 Å². The lowest BCUT2D eigenvalue weighted by Gasteiger charge is -2.35. The lowest BCUT2D eigenvalue weighted by molar-refractivity contribution is -0.150. The van der Waals surface area contributed by atoms with Gasteiger partial charge in [0.15, 0.2) is 5.78 Å². The summed E-state index contributed by atoms with van der Waals surface area (Å²) in [5.41, 5.74) is 5.42. The fourth-order valence-corrected chi connectivity index (χ4v) is 2.93. The van der Waals surface area contributed by atoms with Crippen molar-refractivity contribution in [2.24, 2.45) is 17.1 Å². The van der Waals surface area contributed by atoms with E-state index >= 15 is 0 Å². The molecule has 5 heteroatoms. The van der Waals surface area contributed by atoms with Crippen LogP contribution in [0.1, 0.15) is 36.0 Å². The van der Waals surface area contributed by atoms with Crippen LogP contribution in [-0.4, -0.2) is 30.5 Å². The second kappa shape index (κ2) is 6.26. The van der Waals surface area contributed by atoms with E-state index in [1.807, 2.05) is 0 Å². The molecule has 0 saturated heterocycles. The van der Waals surface area contributed by atoms with Crippen LogP contribution in [-0.2, 0) is 4.79 Å². The number of carboxylic acids is 1. The molecular formula is C16H21NO4. The number of nitrogens with two attached hydrogens (primary N) is 1. The molecule has 0 bridgehead atoms. The van der Waals surface area contributed by atoms with Crippen molar-refractivity contribution in [2.45, 2.75) is 25.7 Å². The van der Waals surface area contributed by atoms with Crippen LogP contribution < -0.4 is 10.5 Å². The zero-order chi connectivity index (χ0) is 15.5. The van der Waals surface area contributed by atoms with Crippen LogP contribution in [0, 0.1) is 11.3 Å². The Morgan fingerprint density at radius 3 is 2.29 bits per heavy atom. The Bertz CT molecular complexity index is 516. The smallest absolute Gasteiger partial charge is 0.310 e. The lowest BCUT2D eigenvalue weighted by atomic mass is 9.69. The number of ether oxygens (including phenoxy) is 1. The number of hydrogen-bond donors (Lipinski definition) is 2. The van der Waals surface area contributed by atoms with Crippen molar-refractivity contribution < 1.29 is 19.4 Å². The molecule has 5 nitrogen and oxygen atoms in total. The Kier molecular flexibility index (Phi) is 4.63. The third-order valence-corrected chi connectivity index (χ3v) is 4.53. The molecule has 0 unspecified atom stereocenters. The molecule has 114 valence electrons. The molecule has 1 aromatic rings. The number of hydrogen-bond acceptors (Lipinski definition) is 4. The van der Waals surface area contributed by atoms with E-state index in [1.165, 1.54) is 0 Å². The third kappa shape index (κ3) is 3.08. The Morgan fingerprint density at radius 2 is 1.86 bits per heavy atom. The quantitative estimate of drug-likeness (QED) is 0.811. The highest BCUT2D eigenvalue weighted by molar-refractivity contribution is 5.98. The molecule has 21 heavy (non-hydrogen) atoms. The van der Waals surface area contributed by atoms with E-state index in [1.54, 1.807) is 31.4 Å². The minimum absolute atomic E-state index is 0.0775. The van der Waals surface area contributed by atoms with E-state index in [4.69, 9.17) is 10.5 Å². The maximum atomic E-state index is 12.4. The molecule has 0 atom stereocenters. The normalized spacial score (nSPS) is 25.3. The average Bonchev–Trinajstić information content (AvgIpc) is 2.54. The van der Waals surface area contributed by atoms with Gasteiger partial charge in [-0.2, -0.15) is 0 Å². The fourth-order valence-electron chi connectivity index (χ4n) is 2.93. The van der Waals surface area contributed by atoms with Crippen LogP contribution in [0.5, 0.6) is 5.75 Å². The van der Waals surface area contributed by atoms with Gasteiger partial charge < -0.3 is 15.6 Å². The summed E-state index contributed by atoms with van der Waals surface area (Å²) in [6.07, 6.45) is 2.08. The second-order valence-electron chi connectivity index (χ2n) is 5.66. The number of benzene rings is 1. The van der Waals surface area contributed by atoms with Gasteiger partial charge in [0.1, 0.15) is 5.75 Å². The molecule has 0 aliphatic heterocycles. The van der Waals surface area contributed by atoms with Crippen molar-refractivity contribution in [1.82, 2.24) is 0 Å². The molecule has 1 saturated carbocycles. The largest absolute Gasteiger partial charge is 0.497 e. The first-order valence-electron chi connectivity index (χ1n) is 7.14. The van der Waals surface area contributed by atoms with Crippen molar-refractivity contribution in [3.63, 3.8) is 0 Å². The molecule has 0 aromatic heterocycles. The first-order chi connectivity index (χ1) is 10.0. The first kappa shape index (κ1) is 15.5. The summed E-state index contributed by atoms with van der Waals surface area (Å²) in [5, 5.41) is 9.31. The van der Waals surface area contributed by atoms with Crippen LogP contribution in [0.15, 0.2) is 24.3 Å². The summed E-state index contributed by atoms with van der Waals surface area (Å²) in [5.74, 6) is -0.172. The van der Waals surface area contributed by atoms with Crippen molar-refractivity contribution >= 4 is 11.8 Å². The molecule has 1 aliphatic rings. The highest BCUT2D eigenvalue weighted by Gasteiger charge is 2.42. The van der Waals surface area contributed by atoms with Gasteiger partial charge in [-0.1, -0.05) is 0 Å². The Labute approximate surface area is 124 Å². The number of rotatable bonds is 5. The number of carbonyl (C=O) groups excluding carboxylic acids is 1. The molecule has 1 fully saturated rings. The van der Waals surface area contributed by atoms with Gasteiger partial charge in [-0.15, -0.1) is 0 Å². The fraction of sp³-hybridized carbons (Fsp3) is 0.500. The summed E-state index contributed by atoms with van der Waals surface area (Å²) in [4.78, 5) is 23.8. The first-order valence-corrected chi connectivity index (χ1v) is 7.14. The molecule has 0 spiro atoms. The van der Waals surface area contributed by atoms with Crippen molar-refractivity contribution in [1.29, 1.82) is 0 Å². The van der Waals surface area contributed by atoms with E-state index < -0.39 is 11.4 Å². The van der Waals surface area contributed by atoms with E-state index in [0.29, 0.717) is 37.0 Å². The second-order valence-corrected chi connectivity index (χ2v) is 5.66. The zero-order valence-electron chi connectivity index (χ0n) is 12.2. The van der Waals surface area contributed by atoms with E-state index in [9.17, 15) is 14.7 Å². The molecule has 0 heterocycles. The summed E-state index contributed by atoms with van der Waals surface area (Å²) in [7, 11) is 1.58. The van der Waals surface area contributed by atoms with E-state index in [2.05, 4.69) is 0 Å². The van der Waals surface area contributed by atoms with Crippen LogP contribution in [0.25, 0.3) is 0 Å². The van der Waals surface area contributed by atoms with Crippen LogP contribution in [0.2, 0.25) is 0 Å². The molecule has 1 aliphatic carbocycles. The summed E-state index contributed by atoms with van der Waals surface area (Å²) < 4.78 is 5.07. The number of ketones is 1. The Balaban J connectivity index is 2.04. The molecule has 2 rings (SSSR count). The average molecular weight is 291 g/mol. The standard InChI is InChI=1S/C16H21NO4/c1-21-13-4-2-11(3-5-13)14(18)12-6-8-16(10-17,9-7-12)15(19)20/h2-5,12H,6-10,17H2,1H3,(H,19,20)/t12-,16-.